The first-order valence-electron chi connectivity index (χ1n) is 5.15. The van der Waals surface area contributed by atoms with Gasteiger partial charge in [-0.15, -0.1) is 0 Å². The van der Waals surface area contributed by atoms with E-state index in [0.29, 0.717) is 19.3 Å². The molecule has 0 heterocycles. The van der Waals surface area contributed by atoms with Crippen LogP contribution in [0.5, 0.6) is 0 Å². The third-order valence-corrected chi connectivity index (χ3v) is 3.43. The largest absolute Gasteiger partial charge is 0.480 e. The second kappa shape index (κ2) is 6.79. The summed E-state index contributed by atoms with van der Waals surface area (Å²) in [5, 5.41) is 8.77. The standard InChI is InChI=1S/C9H19NO4S/c1-3-5-7-15(13,14)10-8(6-4-2)9(11)12/h8,10H,3-7H2,1-2H3,(H,11,12)/t8-/m0/s1. The van der Waals surface area contributed by atoms with Gasteiger partial charge in [0.05, 0.1) is 5.75 Å². The topological polar surface area (TPSA) is 83.5 Å². The van der Waals surface area contributed by atoms with Crippen molar-refractivity contribution >= 4 is 16.0 Å². The Morgan fingerprint density at radius 2 is 1.93 bits per heavy atom. The Bertz CT molecular complexity index is 286. The fourth-order valence-electron chi connectivity index (χ4n) is 1.13. The van der Waals surface area contributed by atoms with Gasteiger partial charge in [-0.3, -0.25) is 4.79 Å². The van der Waals surface area contributed by atoms with Gasteiger partial charge in [0.15, 0.2) is 0 Å². The number of hydrogen-bond donors (Lipinski definition) is 2. The molecule has 0 saturated heterocycles. The molecular weight excluding hydrogens is 218 g/mol. The van der Waals surface area contributed by atoms with E-state index in [2.05, 4.69) is 4.72 Å². The number of aliphatic carboxylic acids is 1. The molecular formula is C9H19NO4S. The molecule has 0 aromatic rings. The van der Waals surface area contributed by atoms with Gasteiger partial charge in [-0.05, 0) is 12.8 Å². The van der Waals surface area contributed by atoms with Crippen LogP contribution in [0.4, 0.5) is 0 Å². The highest BCUT2D eigenvalue weighted by molar-refractivity contribution is 7.89. The average Bonchev–Trinajstić information content (AvgIpc) is 2.14. The van der Waals surface area contributed by atoms with E-state index in [1.165, 1.54) is 0 Å². The quantitative estimate of drug-likeness (QED) is 0.658. The summed E-state index contributed by atoms with van der Waals surface area (Å²) in [7, 11) is -3.44. The monoisotopic (exact) mass is 237 g/mol. The molecule has 0 saturated carbocycles. The van der Waals surface area contributed by atoms with Crippen LogP contribution in [-0.4, -0.2) is 31.3 Å². The number of hydrogen-bond acceptors (Lipinski definition) is 3. The lowest BCUT2D eigenvalue weighted by molar-refractivity contribution is -0.139. The summed E-state index contributed by atoms with van der Waals surface area (Å²) in [6.07, 6.45) is 2.27. The maximum absolute atomic E-state index is 11.4. The van der Waals surface area contributed by atoms with Crippen LogP contribution in [0.2, 0.25) is 0 Å². The van der Waals surface area contributed by atoms with Gasteiger partial charge in [-0.1, -0.05) is 26.7 Å². The molecule has 0 aliphatic heterocycles. The molecule has 0 radical (unpaired) electrons. The first-order chi connectivity index (χ1) is 6.93. The van der Waals surface area contributed by atoms with Crippen molar-refractivity contribution in [1.29, 1.82) is 0 Å². The number of carboxylic acid groups (broad SMARTS) is 1. The zero-order valence-corrected chi connectivity index (χ0v) is 10.0. The van der Waals surface area contributed by atoms with Gasteiger partial charge in [0.25, 0.3) is 0 Å². The number of sulfonamides is 1. The van der Waals surface area contributed by atoms with E-state index in [4.69, 9.17) is 5.11 Å². The normalized spacial score (nSPS) is 13.7. The zero-order chi connectivity index (χ0) is 11.9. The molecule has 0 spiro atoms. The van der Waals surface area contributed by atoms with Crippen molar-refractivity contribution < 1.29 is 18.3 Å². The summed E-state index contributed by atoms with van der Waals surface area (Å²) < 4.78 is 25.0. The minimum Gasteiger partial charge on any atom is -0.480 e. The van der Waals surface area contributed by atoms with Gasteiger partial charge in [0.1, 0.15) is 6.04 Å². The third-order valence-electron chi connectivity index (χ3n) is 1.96. The van der Waals surface area contributed by atoms with Crippen molar-refractivity contribution in [3.05, 3.63) is 0 Å². The Labute approximate surface area is 90.9 Å². The predicted molar refractivity (Wildman–Crippen MR) is 58.2 cm³/mol. The summed E-state index contributed by atoms with van der Waals surface area (Å²) in [5.41, 5.74) is 0. The van der Waals surface area contributed by atoms with Crippen molar-refractivity contribution in [2.24, 2.45) is 0 Å². The highest BCUT2D eigenvalue weighted by Gasteiger charge is 2.22. The summed E-state index contributed by atoms with van der Waals surface area (Å²) in [6, 6.07) is -0.989. The maximum Gasteiger partial charge on any atom is 0.321 e. The van der Waals surface area contributed by atoms with Crippen LogP contribution in [0, 0.1) is 0 Å². The molecule has 5 nitrogen and oxygen atoms in total. The van der Waals surface area contributed by atoms with Crippen molar-refractivity contribution in [2.75, 3.05) is 5.75 Å². The summed E-state index contributed by atoms with van der Waals surface area (Å²) in [4.78, 5) is 10.7. The second-order valence-electron chi connectivity index (χ2n) is 3.47. The van der Waals surface area contributed by atoms with Gasteiger partial charge in [-0.2, -0.15) is 0 Å². The number of nitrogens with one attached hydrogen (secondary N) is 1. The minimum absolute atomic E-state index is 0.00298. The van der Waals surface area contributed by atoms with Gasteiger partial charge < -0.3 is 5.11 Å². The van der Waals surface area contributed by atoms with E-state index in [0.717, 1.165) is 6.42 Å². The number of carbonyl (C=O) groups is 1. The lowest BCUT2D eigenvalue weighted by Crippen LogP contribution is -2.41. The summed E-state index contributed by atoms with van der Waals surface area (Å²) in [5.74, 6) is -1.12. The molecule has 0 bridgehead atoms. The first-order valence-corrected chi connectivity index (χ1v) is 6.81. The molecule has 1 atom stereocenters. The summed E-state index contributed by atoms with van der Waals surface area (Å²) in [6.45, 7) is 3.70. The van der Waals surface area contributed by atoms with E-state index in [9.17, 15) is 13.2 Å². The van der Waals surface area contributed by atoms with Crippen LogP contribution in [-0.2, 0) is 14.8 Å². The Kier molecular flexibility index (Phi) is 6.51. The maximum atomic E-state index is 11.4. The molecule has 0 fully saturated rings. The van der Waals surface area contributed by atoms with E-state index in [1.807, 2.05) is 13.8 Å². The fourth-order valence-corrected chi connectivity index (χ4v) is 2.57. The van der Waals surface area contributed by atoms with Crippen LogP contribution in [0.3, 0.4) is 0 Å². The van der Waals surface area contributed by atoms with Crippen LogP contribution in [0.25, 0.3) is 0 Å². The summed E-state index contributed by atoms with van der Waals surface area (Å²) >= 11 is 0. The van der Waals surface area contributed by atoms with Crippen LogP contribution < -0.4 is 4.72 Å². The Morgan fingerprint density at radius 1 is 1.33 bits per heavy atom. The fraction of sp³-hybridized carbons (Fsp3) is 0.889. The van der Waals surface area contributed by atoms with Crippen molar-refractivity contribution in [2.45, 2.75) is 45.6 Å². The number of rotatable bonds is 8. The average molecular weight is 237 g/mol. The molecule has 90 valence electrons. The van der Waals surface area contributed by atoms with Gasteiger partial charge >= 0.3 is 5.97 Å². The molecule has 0 aliphatic rings. The Hall–Kier alpha value is -0.620. The number of unbranched alkanes of at least 4 members (excludes halogenated alkanes) is 1. The van der Waals surface area contributed by atoms with Crippen LogP contribution >= 0.6 is 0 Å². The van der Waals surface area contributed by atoms with Crippen LogP contribution in [0.1, 0.15) is 39.5 Å². The van der Waals surface area contributed by atoms with E-state index in [-0.39, 0.29) is 5.75 Å². The molecule has 0 rings (SSSR count). The third kappa shape index (κ3) is 6.46. The van der Waals surface area contributed by atoms with Crippen molar-refractivity contribution in [1.82, 2.24) is 4.72 Å². The molecule has 6 heteroatoms. The van der Waals surface area contributed by atoms with Crippen molar-refractivity contribution in [3.8, 4) is 0 Å². The first kappa shape index (κ1) is 14.4. The molecule has 0 aromatic carbocycles. The molecule has 0 aromatic heterocycles. The Balaban J connectivity index is 4.32. The van der Waals surface area contributed by atoms with Gasteiger partial charge in [0, 0.05) is 0 Å². The molecule has 0 amide bonds. The lowest BCUT2D eigenvalue weighted by Gasteiger charge is -2.13. The highest BCUT2D eigenvalue weighted by Crippen LogP contribution is 2.01. The van der Waals surface area contributed by atoms with Gasteiger partial charge in [0.2, 0.25) is 10.0 Å². The second-order valence-corrected chi connectivity index (χ2v) is 5.34. The van der Waals surface area contributed by atoms with E-state index >= 15 is 0 Å². The van der Waals surface area contributed by atoms with E-state index in [1.54, 1.807) is 0 Å². The van der Waals surface area contributed by atoms with Crippen LogP contribution in [0.15, 0.2) is 0 Å². The van der Waals surface area contributed by atoms with Crippen molar-refractivity contribution in [3.63, 3.8) is 0 Å². The van der Waals surface area contributed by atoms with Gasteiger partial charge in [-0.25, -0.2) is 13.1 Å². The SMILES string of the molecule is CCCCS(=O)(=O)N[C@@H](CCC)C(=O)O. The Morgan fingerprint density at radius 3 is 2.33 bits per heavy atom. The zero-order valence-electron chi connectivity index (χ0n) is 9.19. The smallest absolute Gasteiger partial charge is 0.321 e. The highest BCUT2D eigenvalue weighted by atomic mass is 32.2. The van der Waals surface area contributed by atoms with E-state index < -0.39 is 22.0 Å². The lowest BCUT2D eigenvalue weighted by atomic mass is 10.2. The minimum atomic E-state index is -3.44. The molecule has 2 N–H and O–H groups in total. The number of carboxylic acids is 1. The molecule has 15 heavy (non-hydrogen) atoms. The molecule has 0 aliphatic carbocycles. The predicted octanol–water partition coefficient (Wildman–Crippen LogP) is 0.959. The molecule has 0 unspecified atom stereocenters.